The second-order valence-corrected chi connectivity index (χ2v) is 4.60. The molecule has 1 aliphatic rings. The molecule has 2 unspecified atom stereocenters. The molecule has 0 aliphatic carbocycles. The van der Waals surface area contributed by atoms with Crippen LogP contribution < -0.4 is 10.2 Å². The number of para-hydroxylation sites is 1. The molecule has 1 aromatic carbocycles. The molecule has 0 radical (unpaired) electrons. The van der Waals surface area contributed by atoms with Gasteiger partial charge in [0.2, 0.25) is 0 Å². The third-order valence-corrected chi connectivity index (χ3v) is 3.52. The lowest BCUT2D eigenvalue weighted by Gasteiger charge is -2.38. The highest BCUT2D eigenvalue weighted by Crippen LogP contribution is 2.24. The van der Waals surface area contributed by atoms with Gasteiger partial charge in [-0.2, -0.15) is 0 Å². The minimum Gasteiger partial charge on any atom is -0.368 e. The Bertz CT molecular complexity index is 354. The van der Waals surface area contributed by atoms with E-state index in [9.17, 15) is 4.39 Å². The van der Waals surface area contributed by atoms with E-state index >= 15 is 0 Å². The molecule has 0 spiro atoms. The van der Waals surface area contributed by atoms with E-state index in [0.717, 1.165) is 19.5 Å². The number of hydrogen-bond acceptors (Lipinski definition) is 2. The van der Waals surface area contributed by atoms with Gasteiger partial charge in [0.15, 0.2) is 0 Å². The molecule has 1 aromatic rings. The molecule has 2 rings (SSSR count). The van der Waals surface area contributed by atoms with Gasteiger partial charge in [-0.05, 0) is 31.0 Å². The molecule has 1 N–H and O–H groups in total. The molecule has 0 amide bonds. The fraction of sp³-hybridized carbons (Fsp3) is 0.538. The molecule has 0 saturated carbocycles. The average molecular weight is 222 g/mol. The van der Waals surface area contributed by atoms with E-state index in [0.29, 0.717) is 17.6 Å². The van der Waals surface area contributed by atoms with Crippen LogP contribution in [-0.2, 0) is 0 Å². The Balaban J connectivity index is 2.17. The summed E-state index contributed by atoms with van der Waals surface area (Å²) in [7, 11) is 1.98. The molecule has 1 saturated heterocycles. The summed E-state index contributed by atoms with van der Waals surface area (Å²) >= 11 is 0. The quantitative estimate of drug-likeness (QED) is 0.825. The highest BCUT2D eigenvalue weighted by Gasteiger charge is 2.25. The molecular formula is C13H19FN2. The SMILES string of the molecule is CC1CCNCC1N(C)c1ccccc1F. The highest BCUT2D eigenvalue weighted by atomic mass is 19.1. The topological polar surface area (TPSA) is 15.3 Å². The zero-order chi connectivity index (χ0) is 11.5. The van der Waals surface area contributed by atoms with E-state index in [1.54, 1.807) is 6.07 Å². The van der Waals surface area contributed by atoms with Gasteiger partial charge in [-0.25, -0.2) is 4.39 Å². The lowest BCUT2D eigenvalue weighted by molar-refractivity contribution is 0.337. The lowest BCUT2D eigenvalue weighted by Crippen LogP contribution is -2.49. The Morgan fingerprint density at radius 1 is 1.38 bits per heavy atom. The van der Waals surface area contributed by atoms with Gasteiger partial charge in [-0.3, -0.25) is 0 Å². The van der Waals surface area contributed by atoms with Crippen molar-refractivity contribution >= 4 is 5.69 Å². The van der Waals surface area contributed by atoms with Crippen LogP contribution >= 0.6 is 0 Å². The summed E-state index contributed by atoms with van der Waals surface area (Å²) in [5.74, 6) is 0.466. The predicted octanol–water partition coefficient (Wildman–Crippen LogP) is 2.26. The maximum atomic E-state index is 13.7. The molecule has 1 heterocycles. The van der Waals surface area contributed by atoms with Crippen molar-refractivity contribution in [3.05, 3.63) is 30.1 Å². The molecule has 0 aromatic heterocycles. The second kappa shape index (κ2) is 4.83. The monoisotopic (exact) mass is 222 g/mol. The lowest BCUT2D eigenvalue weighted by atomic mass is 9.93. The van der Waals surface area contributed by atoms with Gasteiger partial charge in [0.25, 0.3) is 0 Å². The van der Waals surface area contributed by atoms with Crippen molar-refractivity contribution in [3.63, 3.8) is 0 Å². The Labute approximate surface area is 96.5 Å². The largest absolute Gasteiger partial charge is 0.368 e. The van der Waals surface area contributed by atoms with Crippen LogP contribution in [0.3, 0.4) is 0 Å². The maximum absolute atomic E-state index is 13.7. The Kier molecular flexibility index (Phi) is 3.44. The van der Waals surface area contributed by atoms with Crippen LogP contribution in [0.5, 0.6) is 0 Å². The van der Waals surface area contributed by atoms with E-state index in [1.165, 1.54) is 6.07 Å². The molecule has 3 heteroatoms. The summed E-state index contributed by atoms with van der Waals surface area (Å²) in [5, 5.41) is 3.37. The van der Waals surface area contributed by atoms with Gasteiger partial charge in [0.05, 0.1) is 5.69 Å². The predicted molar refractivity (Wildman–Crippen MR) is 65.2 cm³/mol. The van der Waals surface area contributed by atoms with E-state index < -0.39 is 0 Å². The molecule has 1 fully saturated rings. The standard InChI is InChI=1S/C13H19FN2/c1-10-7-8-15-9-13(10)16(2)12-6-4-3-5-11(12)14/h3-6,10,13,15H,7-9H2,1-2H3. The minimum atomic E-state index is -0.136. The molecule has 0 bridgehead atoms. The van der Waals surface area contributed by atoms with Gasteiger partial charge in [0.1, 0.15) is 5.82 Å². The number of nitrogens with one attached hydrogen (secondary N) is 1. The number of piperidine rings is 1. The molecule has 16 heavy (non-hydrogen) atoms. The summed E-state index contributed by atoms with van der Waals surface area (Å²) in [6, 6.07) is 7.36. The second-order valence-electron chi connectivity index (χ2n) is 4.60. The summed E-state index contributed by atoms with van der Waals surface area (Å²) in [4.78, 5) is 2.06. The first-order valence-corrected chi connectivity index (χ1v) is 5.88. The van der Waals surface area contributed by atoms with Crippen molar-refractivity contribution in [2.45, 2.75) is 19.4 Å². The summed E-state index contributed by atoms with van der Waals surface area (Å²) in [6.07, 6.45) is 1.16. The molecule has 2 atom stereocenters. The number of benzene rings is 1. The Morgan fingerprint density at radius 2 is 2.12 bits per heavy atom. The summed E-state index contributed by atoms with van der Waals surface area (Å²) < 4.78 is 13.7. The number of halogens is 1. The van der Waals surface area contributed by atoms with Gasteiger partial charge in [0, 0.05) is 19.6 Å². The number of nitrogens with zero attached hydrogens (tertiary/aromatic N) is 1. The van der Waals surface area contributed by atoms with Crippen LogP contribution in [0.1, 0.15) is 13.3 Å². The number of rotatable bonds is 2. The van der Waals surface area contributed by atoms with Crippen LogP contribution in [-0.4, -0.2) is 26.2 Å². The number of hydrogen-bond donors (Lipinski definition) is 1. The van der Waals surface area contributed by atoms with Crippen molar-refractivity contribution in [1.82, 2.24) is 5.32 Å². The number of likely N-dealkylation sites (N-methyl/N-ethyl adjacent to an activating group) is 1. The first kappa shape index (κ1) is 11.4. The van der Waals surface area contributed by atoms with E-state index in [-0.39, 0.29) is 5.82 Å². The van der Waals surface area contributed by atoms with Crippen LogP contribution in [0.25, 0.3) is 0 Å². The Morgan fingerprint density at radius 3 is 2.81 bits per heavy atom. The van der Waals surface area contributed by atoms with Crippen molar-refractivity contribution < 1.29 is 4.39 Å². The fourth-order valence-electron chi connectivity index (χ4n) is 2.41. The number of anilines is 1. The van der Waals surface area contributed by atoms with Crippen LogP contribution in [0.15, 0.2) is 24.3 Å². The molecular weight excluding hydrogens is 203 g/mol. The fourth-order valence-corrected chi connectivity index (χ4v) is 2.41. The summed E-state index contributed by atoms with van der Waals surface area (Å²) in [5.41, 5.74) is 0.697. The summed E-state index contributed by atoms with van der Waals surface area (Å²) in [6.45, 7) is 4.25. The van der Waals surface area contributed by atoms with Gasteiger partial charge in [-0.15, -0.1) is 0 Å². The zero-order valence-corrected chi connectivity index (χ0v) is 9.91. The average Bonchev–Trinajstić information content (AvgIpc) is 2.29. The molecule has 2 nitrogen and oxygen atoms in total. The molecule has 1 aliphatic heterocycles. The van der Waals surface area contributed by atoms with Gasteiger partial charge < -0.3 is 10.2 Å². The minimum absolute atomic E-state index is 0.136. The van der Waals surface area contributed by atoms with Crippen LogP contribution in [0.2, 0.25) is 0 Å². The third kappa shape index (κ3) is 2.19. The van der Waals surface area contributed by atoms with Gasteiger partial charge >= 0.3 is 0 Å². The highest BCUT2D eigenvalue weighted by molar-refractivity contribution is 5.48. The zero-order valence-electron chi connectivity index (χ0n) is 9.91. The molecule has 88 valence electrons. The van der Waals surface area contributed by atoms with Crippen LogP contribution in [0.4, 0.5) is 10.1 Å². The van der Waals surface area contributed by atoms with Crippen molar-refractivity contribution in [3.8, 4) is 0 Å². The van der Waals surface area contributed by atoms with E-state index in [2.05, 4.69) is 17.1 Å². The Hall–Kier alpha value is -1.09. The first-order chi connectivity index (χ1) is 7.70. The normalized spacial score (nSPS) is 25.4. The van der Waals surface area contributed by atoms with Crippen LogP contribution in [0, 0.1) is 11.7 Å². The third-order valence-electron chi connectivity index (χ3n) is 3.52. The first-order valence-electron chi connectivity index (χ1n) is 5.88. The van der Waals surface area contributed by atoms with Crippen molar-refractivity contribution in [2.75, 3.05) is 25.0 Å². The van der Waals surface area contributed by atoms with Gasteiger partial charge in [-0.1, -0.05) is 19.1 Å². The smallest absolute Gasteiger partial charge is 0.146 e. The van der Waals surface area contributed by atoms with E-state index in [4.69, 9.17) is 0 Å². The van der Waals surface area contributed by atoms with Crippen molar-refractivity contribution in [1.29, 1.82) is 0 Å². The van der Waals surface area contributed by atoms with Crippen molar-refractivity contribution in [2.24, 2.45) is 5.92 Å². The van der Waals surface area contributed by atoms with E-state index in [1.807, 2.05) is 19.2 Å². The maximum Gasteiger partial charge on any atom is 0.146 e.